The van der Waals surface area contributed by atoms with Crippen molar-refractivity contribution in [1.29, 1.82) is 0 Å². The molecule has 2 nitrogen and oxygen atoms in total. The molecule has 0 aromatic heterocycles. The molecule has 4 atom stereocenters. The van der Waals surface area contributed by atoms with Crippen molar-refractivity contribution in [2.45, 2.75) is 30.0 Å². The Labute approximate surface area is 104 Å². The van der Waals surface area contributed by atoms with Crippen LogP contribution >= 0.6 is 11.6 Å². The first-order valence-corrected chi connectivity index (χ1v) is 7.03. The van der Waals surface area contributed by atoms with Gasteiger partial charge in [-0.3, -0.25) is 4.21 Å². The zero-order valence-corrected chi connectivity index (χ0v) is 11.2. The van der Waals surface area contributed by atoms with Crippen molar-refractivity contribution < 1.29 is 4.21 Å². The van der Waals surface area contributed by atoms with Gasteiger partial charge in [0.25, 0.3) is 0 Å². The summed E-state index contributed by atoms with van der Waals surface area (Å²) in [6.07, 6.45) is 0. The van der Waals surface area contributed by atoms with Crippen molar-refractivity contribution >= 4 is 22.4 Å². The van der Waals surface area contributed by atoms with E-state index in [2.05, 4.69) is 12.2 Å². The summed E-state index contributed by atoms with van der Waals surface area (Å²) < 4.78 is 12.3. The normalized spacial score (nSPS) is 33.5. The summed E-state index contributed by atoms with van der Waals surface area (Å²) >= 11 is 6.15. The molecule has 88 valence electrons. The van der Waals surface area contributed by atoms with E-state index in [1.807, 2.05) is 32.2 Å². The van der Waals surface area contributed by atoms with E-state index < -0.39 is 10.8 Å². The Bertz CT molecular complexity index is 435. The highest BCUT2D eigenvalue weighted by Crippen LogP contribution is 2.40. The SMILES string of the molecule is CNC1c2cccc(Cl)c2S(=O)C(C)C1C. The lowest BCUT2D eigenvalue weighted by Crippen LogP contribution is -2.37. The van der Waals surface area contributed by atoms with Crippen LogP contribution in [-0.4, -0.2) is 16.5 Å². The van der Waals surface area contributed by atoms with Gasteiger partial charge in [0.05, 0.1) is 20.7 Å². The van der Waals surface area contributed by atoms with Crippen molar-refractivity contribution in [2.75, 3.05) is 7.05 Å². The monoisotopic (exact) mass is 257 g/mol. The van der Waals surface area contributed by atoms with Gasteiger partial charge in [-0.2, -0.15) is 0 Å². The second-order valence-electron chi connectivity index (χ2n) is 4.29. The number of rotatable bonds is 1. The van der Waals surface area contributed by atoms with Crippen LogP contribution in [0.15, 0.2) is 23.1 Å². The van der Waals surface area contributed by atoms with Crippen LogP contribution in [0.1, 0.15) is 25.5 Å². The molecule has 0 bridgehead atoms. The summed E-state index contributed by atoms with van der Waals surface area (Å²) in [4.78, 5) is 0.814. The topological polar surface area (TPSA) is 29.1 Å². The minimum Gasteiger partial charge on any atom is -0.313 e. The minimum absolute atomic E-state index is 0.129. The van der Waals surface area contributed by atoms with Gasteiger partial charge < -0.3 is 5.32 Å². The highest BCUT2D eigenvalue weighted by molar-refractivity contribution is 7.86. The van der Waals surface area contributed by atoms with Gasteiger partial charge in [-0.25, -0.2) is 0 Å². The summed E-state index contributed by atoms with van der Waals surface area (Å²) in [5.74, 6) is 0.344. The molecule has 0 saturated heterocycles. The lowest BCUT2D eigenvalue weighted by molar-refractivity contribution is 0.389. The first kappa shape index (κ1) is 12.1. The molecule has 0 spiro atoms. The maximum absolute atomic E-state index is 12.3. The molecule has 1 aromatic carbocycles. The molecule has 4 heteroatoms. The molecular weight excluding hydrogens is 242 g/mol. The summed E-state index contributed by atoms with van der Waals surface area (Å²) in [7, 11) is 0.942. The van der Waals surface area contributed by atoms with Crippen LogP contribution < -0.4 is 5.32 Å². The van der Waals surface area contributed by atoms with Crippen molar-refractivity contribution in [3.05, 3.63) is 28.8 Å². The van der Waals surface area contributed by atoms with Gasteiger partial charge in [0.15, 0.2) is 0 Å². The molecule has 1 N–H and O–H groups in total. The van der Waals surface area contributed by atoms with E-state index in [1.54, 1.807) is 0 Å². The quantitative estimate of drug-likeness (QED) is 0.838. The summed E-state index contributed by atoms with van der Waals surface area (Å²) in [5, 5.41) is 4.04. The smallest absolute Gasteiger partial charge is 0.0625 e. The number of hydrogen-bond donors (Lipinski definition) is 1. The number of nitrogens with one attached hydrogen (secondary N) is 1. The van der Waals surface area contributed by atoms with Crippen LogP contribution in [0.25, 0.3) is 0 Å². The lowest BCUT2D eigenvalue weighted by atomic mass is 9.91. The summed E-state index contributed by atoms with van der Waals surface area (Å²) in [5.41, 5.74) is 1.08. The van der Waals surface area contributed by atoms with E-state index in [0.29, 0.717) is 10.9 Å². The fraction of sp³-hybridized carbons (Fsp3) is 0.500. The van der Waals surface area contributed by atoms with E-state index in [1.165, 1.54) is 0 Å². The molecule has 1 heterocycles. The fourth-order valence-corrected chi connectivity index (χ4v) is 4.35. The van der Waals surface area contributed by atoms with E-state index >= 15 is 0 Å². The summed E-state index contributed by atoms with van der Waals surface area (Å²) in [6, 6.07) is 5.99. The maximum Gasteiger partial charge on any atom is 0.0625 e. The van der Waals surface area contributed by atoms with Crippen LogP contribution in [-0.2, 0) is 10.8 Å². The Kier molecular flexibility index (Phi) is 3.38. The molecule has 0 aliphatic carbocycles. The van der Waals surface area contributed by atoms with E-state index in [9.17, 15) is 4.21 Å². The maximum atomic E-state index is 12.3. The van der Waals surface area contributed by atoms with Crippen LogP contribution in [0.5, 0.6) is 0 Å². The number of fused-ring (bicyclic) bond motifs is 1. The third-order valence-electron chi connectivity index (χ3n) is 3.45. The van der Waals surface area contributed by atoms with Crippen LogP contribution in [0, 0.1) is 5.92 Å². The average Bonchev–Trinajstić information content (AvgIpc) is 2.27. The molecule has 1 aliphatic heterocycles. The van der Waals surface area contributed by atoms with Crippen LogP contribution in [0.2, 0.25) is 5.02 Å². The second kappa shape index (κ2) is 4.47. The molecule has 4 unspecified atom stereocenters. The molecule has 0 radical (unpaired) electrons. The highest BCUT2D eigenvalue weighted by Gasteiger charge is 2.36. The average molecular weight is 258 g/mol. The Morgan fingerprint density at radius 2 is 2.06 bits per heavy atom. The van der Waals surface area contributed by atoms with Gasteiger partial charge in [0.1, 0.15) is 0 Å². The highest BCUT2D eigenvalue weighted by atomic mass is 35.5. The van der Waals surface area contributed by atoms with Crippen molar-refractivity contribution in [1.82, 2.24) is 5.32 Å². The van der Waals surface area contributed by atoms with Gasteiger partial charge in [0.2, 0.25) is 0 Å². The Hall–Kier alpha value is -0.380. The summed E-state index contributed by atoms with van der Waals surface area (Å²) in [6.45, 7) is 4.16. The largest absolute Gasteiger partial charge is 0.313 e. The van der Waals surface area contributed by atoms with Crippen molar-refractivity contribution in [3.8, 4) is 0 Å². The second-order valence-corrected chi connectivity index (χ2v) is 6.44. The lowest BCUT2D eigenvalue weighted by Gasteiger charge is -2.35. The number of halogens is 1. The third-order valence-corrected chi connectivity index (χ3v) is 5.84. The van der Waals surface area contributed by atoms with E-state index in [0.717, 1.165) is 10.5 Å². The number of hydrogen-bond acceptors (Lipinski definition) is 2. The zero-order valence-electron chi connectivity index (χ0n) is 9.66. The molecule has 0 amide bonds. The van der Waals surface area contributed by atoms with Crippen LogP contribution in [0.4, 0.5) is 0 Å². The molecule has 2 rings (SSSR count). The Morgan fingerprint density at radius 1 is 1.38 bits per heavy atom. The predicted molar refractivity (Wildman–Crippen MR) is 68.3 cm³/mol. The molecule has 1 aliphatic rings. The molecule has 16 heavy (non-hydrogen) atoms. The molecule has 0 saturated carbocycles. The standard InChI is InChI=1S/C12H16ClNOS/c1-7-8(2)16(15)12-9(11(7)14-3)5-4-6-10(12)13/h4-8,11,14H,1-3H3. The van der Waals surface area contributed by atoms with E-state index in [-0.39, 0.29) is 11.3 Å². The fourth-order valence-electron chi connectivity index (χ4n) is 2.34. The minimum atomic E-state index is -0.996. The molecule has 0 fully saturated rings. The van der Waals surface area contributed by atoms with Crippen LogP contribution in [0.3, 0.4) is 0 Å². The van der Waals surface area contributed by atoms with Gasteiger partial charge in [-0.05, 0) is 24.6 Å². The van der Waals surface area contributed by atoms with Crippen molar-refractivity contribution in [2.24, 2.45) is 5.92 Å². The predicted octanol–water partition coefficient (Wildman–Crippen LogP) is 2.75. The first-order chi connectivity index (χ1) is 7.57. The van der Waals surface area contributed by atoms with Crippen molar-refractivity contribution in [3.63, 3.8) is 0 Å². The Balaban J connectivity index is 2.62. The van der Waals surface area contributed by atoms with Gasteiger partial charge in [-0.1, -0.05) is 37.6 Å². The van der Waals surface area contributed by atoms with E-state index in [4.69, 9.17) is 11.6 Å². The molecular formula is C12H16ClNOS. The van der Waals surface area contributed by atoms with Gasteiger partial charge >= 0.3 is 0 Å². The van der Waals surface area contributed by atoms with Gasteiger partial charge in [0, 0.05) is 11.3 Å². The first-order valence-electron chi connectivity index (χ1n) is 5.44. The van der Waals surface area contributed by atoms with Gasteiger partial charge in [-0.15, -0.1) is 0 Å². The zero-order chi connectivity index (χ0) is 11.9. The third kappa shape index (κ3) is 1.71. The molecule has 1 aromatic rings. The Morgan fingerprint density at radius 3 is 2.69 bits per heavy atom. The number of benzene rings is 1.